The van der Waals surface area contributed by atoms with E-state index in [9.17, 15) is 13.2 Å². The Labute approximate surface area is 127 Å². The van der Waals surface area contributed by atoms with Gasteiger partial charge in [0.15, 0.2) is 0 Å². The van der Waals surface area contributed by atoms with E-state index in [1.54, 1.807) is 24.0 Å². The molecule has 0 fully saturated rings. The molecule has 0 aliphatic heterocycles. The molecule has 0 aliphatic carbocycles. The molecule has 8 nitrogen and oxygen atoms in total. The molecule has 1 heterocycles. The summed E-state index contributed by atoms with van der Waals surface area (Å²) in [5.74, 6) is -0.586. The number of rotatable bonds is 5. The fourth-order valence-corrected chi connectivity index (χ4v) is 2.95. The van der Waals surface area contributed by atoms with Gasteiger partial charge in [-0.1, -0.05) is 0 Å². The molecule has 0 radical (unpaired) electrons. The van der Waals surface area contributed by atoms with Crippen molar-refractivity contribution in [1.29, 1.82) is 0 Å². The van der Waals surface area contributed by atoms with Crippen LogP contribution in [-0.4, -0.2) is 31.3 Å². The van der Waals surface area contributed by atoms with Crippen LogP contribution in [-0.2, 0) is 28.4 Å². The number of nitrogen functional groups attached to an aromatic ring is 1. The van der Waals surface area contributed by atoms with E-state index in [0.717, 1.165) is 0 Å². The number of nitrogens with zero attached hydrogens (tertiary/aromatic N) is 2. The lowest BCUT2D eigenvalue weighted by atomic mass is 10.2. The van der Waals surface area contributed by atoms with Gasteiger partial charge in [-0.2, -0.15) is 5.10 Å². The highest BCUT2D eigenvalue weighted by Crippen LogP contribution is 2.20. The van der Waals surface area contributed by atoms with Gasteiger partial charge in [-0.3, -0.25) is 4.68 Å². The fourth-order valence-electron chi connectivity index (χ4n) is 1.84. The molecule has 0 atom stereocenters. The first-order valence-corrected chi connectivity index (χ1v) is 7.78. The Morgan fingerprint density at radius 1 is 1.41 bits per heavy atom. The molecule has 3 N–H and O–H groups in total. The van der Waals surface area contributed by atoms with Crippen molar-refractivity contribution in [3.63, 3.8) is 0 Å². The SMILES string of the molecule is COC(=O)c1ccc(S(=O)(=O)NCc2ccn(C)n2)c(N)c1. The maximum atomic E-state index is 12.2. The second kappa shape index (κ2) is 6.16. The number of esters is 1. The van der Waals surface area contributed by atoms with Crippen LogP contribution in [0.5, 0.6) is 0 Å². The summed E-state index contributed by atoms with van der Waals surface area (Å²) in [6.07, 6.45) is 1.71. The van der Waals surface area contributed by atoms with Crippen molar-refractivity contribution in [2.24, 2.45) is 7.05 Å². The molecule has 118 valence electrons. The van der Waals surface area contributed by atoms with Crippen LogP contribution in [0.1, 0.15) is 16.1 Å². The number of hydrogen-bond acceptors (Lipinski definition) is 6. The van der Waals surface area contributed by atoms with Crippen molar-refractivity contribution in [2.45, 2.75) is 11.4 Å². The molecule has 0 saturated carbocycles. The van der Waals surface area contributed by atoms with Gasteiger partial charge in [0, 0.05) is 13.2 Å². The first-order chi connectivity index (χ1) is 10.3. The Morgan fingerprint density at radius 2 is 2.14 bits per heavy atom. The van der Waals surface area contributed by atoms with E-state index in [1.807, 2.05) is 0 Å². The monoisotopic (exact) mass is 324 g/mol. The molecular formula is C13H16N4O4S. The van der Waals surface area contributed by atoms with Crippen molar-refractivity contribution >= 4 is 21.7 Å². The summed E-state index contributed by atoms with van der Waals surface area (Å²) in [6, 6.07) is 5.58. The van der Waals surface area contributed by atoms with Crippen LogP contribution in [0, 0.1) is 0 Å². The van der Waals surface area contributed by atoms with Crippen LogP contribution in [0.3, 0.4) is 0 Å². The molecule has 9 heteroatoms. The van der Waals surface area contributed by atoms with Gasteiger partial charge in [0.25, 0.3) is 0 Å². The highest BCUT2D eigenvalue weighted by atomic mass is 32.2. The first-order valence-electron chi connectivity index (χ1n) is 6.29. The summed E-state index contributed by atoms with van der Waals surface area (Å²) in [5.41, 5.74) is 6.46. The molecule has 2 rings (SSSR count). The smallest absolute Gasteiger partial charge is 0.337 e. The third kappa shape index (κ3) is 3.43. The number of nitrogens with two attached hydrogens (primary N) is 1. The number of nitrogens with one attached hydrogen (secondary N) is 1. The predicted molar refractivity (Wildman–Crippen MR) is 79.4 cm³/mol. The molecule has 0 aliphatic rings. The van der Waals surface area contributed by atoms with Crippen molar-refractivity contribution in [2.75, 3.05) is 12.8 Å². The molecule has 0 spiro atoms. The first kappa shape index (κ1) is 16.0. The van der Waals surface area contributed by atoms with E-state index < -0.39 is 16.0 Å². The lowest BCUT2D eigenvalue weighted by Gasteiger charge is -2.09. The van der Waals surface area contributed by atoms with Crippen molar-refractivity contribution in [1.82, 2.24) is 14.5 Å². The van der Waals surface area contributed by atoms with Gasteiger partial charge in [0.1, 0.15) is 4.90 Å². The number of aryl methyl sites for hydroxylation is 1. The largest absolute Gasteiger partial charge is 0.465 e. The molecule has 1 aromatic carbocycles. The van der Waals surface area contributed by atoms with E-state index in [1.165, 1.54) is 25.3 Å². The molecular weight excluding hydrogens is 308 g/mol. The topological polar surface area (TPSA) is 116 Å². The number of methoxy groups -OCH3 is 1. The summed E-state index contributed by atoms with van der Waals surface area (Å²) < 4.78 is 33.0. The van der Waals surface area contributed by atoms with Crippen LogP contribution in [0.15, 0.2) is 35.4 Å². The Morgan fingerprint density at radius 3 is 2.68 bits per heavy atom. The number of ether oxygens (including phenoxy) is 1. The standard InChI is InChI=1S/C13H16N4O4S/c1-17-6-5-10(16-17)8-15-22(19,20)12-4-3-9(7-11(12)14)13(18)21-2/h3-7,15H,8,14H2,1-2H3. The van der Waals surface area contributed by atoms with Gasteiger partial charge in [-0.25, -0.2) is 17.9 Å². The number of carbonyl (C=O) groups is 1. The Bertz CT molecular complexity index is 798. The van der Waals surface area contributed by atoms with Gasteiger partial charge in [-0.15, -0.1) is 0 Å². The van der Waals surface area contributed by atoms with E-state index in [4.69, 9.17) is 5.73 Å². The van der Waals surface area contributed by atoms with Gasteiger partial charge in [-0.05, 0) is 24.3 Å². The molecule has 0 amide bonds. The van der Waals surface area contributed by atoms with Crippen molar-refractivity contribution < 1.29 is 17.9 Å². The van der Waals surface area contributed by atoms with E-state index in [-0.39, 0.29) is 22.7 Å². The van der Waals surface area contributed by atoms with E-state index in [2.05, 4.69) is 14.6 Å². The molecule has 0 unspecified atom stereocenters. The molecule has 0 bridgehead atoms. The van der Waals surface area contributed by atoms with Gasteiger partial charge in [0.05, 0.1) is 30.6 Å². The third-order valence-corrected chi connectivity index (χ3v) is 4.41. The number of benzene rings is 1. The Hall–Kier alpha value is -2.39. The number of hydrogen-bond donors (Lipinski definition) is 2. The van der Waals surface area contributed by atoms with Crippen LogP contribution in [0.4, 0.5) is 5.69 Å². The minimum Gasteiger partial charge on any atom is -0.465 e. The van der Waals surface area contributed by atoms with Crippen molar-refractivity contribution in [3.05, 3.63) is 41.7 Å². The number of anilines is 1. The van der Waals surface area contributed by atoms with Gasteiger partial charge < -0.3 is 10.5 Å². The molecule has 2 aromatic rings. The predicted octanol–water partition coefficient (Wildman–Crippen LogP) is 0.267. The van der Waals surface area contributed by atoms with E-state index >= 15 is 0 Å². The minimum atomic E-state index is -3.81. The lowest BCUT2D eigenvalue weighted by Crippen LogP contribution is -2.24. The summed E-state index contributed by atoms with van der Waals surface area (Å²) in [6.45, 7) is 0.0430. The minimum absolute atomic E-state index is 0.0311. The second-order valence-electron chi connectivity index (χ2n) is 4.55. The molecule has 1 aromatic heterocycles. The average molecular weight is 324 g/mol. The van der Waals surface area contributed by atoms with Crippen LogP contribution in [0.2, 0.25) is 0 Å². The lowest BCUT2D eigenvalue weighted by molar-refractivity contribution is 0.0600. The zero-order valence-corrected chi connectivity index (χ0v) is 12.9. The fraction of sp³-hybridized carbons (Fsp3) is 0.231. The maximum Gasteiger partial charge on any atom is 0.337 e. The van der Waals surface area contributed by atoms with Gasteiger partial charge in [0.2, 0.25) is 10.0 Å². The van der Waals surface area contributed by atoms with Crippen LogP contribution in [0.25, 0.3) is 0 Å². The number of carbonyl (C=O) groups excluding carboxylic acids is 1. The Kier molecular flexibility index (Phi) is 4.48. The third-order valence-electron chi connectivity index (χ3n) is 2.93. The van der Waals surface area contributed by atoms with E-state index in [0.29, 0.717) is 5.69 Å². The second-order valence-corrected chi connectivity index (χ2v) is 6.28. The summed E-state index contributed by atoms with van der Waals surface area (Å²) in [4.78, 5) is 11.3. The normalized spacial score (nSPS) is 11.4. The maximum absolute atomic E-state index is 12.2. The number of aromatic nitrogens is 2. The zero-order valence-electron chi connectivity index (χ0n) is 12.1. The highest BCUT2D eigenvalue weighted by Gasteiger charge is 2.19. The quantitative estimate of drug-likeness (QED) is 0.602. The number of sulfonamides is 1. The summed E-state index contributed by atoms with van der Waals surface area (Å²) in [7, 11) is -0.834. The van der Waals surface area contributed by atoms with Crippen LogP contribution >= 0.6 is 0 Å². The molecule has 22 heavy (non-hydrogen) atoms. The summed E-state index contributed by atoms with van der Waals surface area (Å²) >= 11 is 0. The molecule has 0 saturated heterocycles. The van der Waals surface area contributed by atoms with Crippen LogP contribution < -0.4 is 10.5 Å². The van der Waals surface area contributed by atoms with Gasteiger partial charge >= 0.3 is 5.97 Å². The highest BCUT2D eigenvalue weighted by molar-refractivity contribution is 7.89. The average Bonchev–Trinajstić information content (AvgIpc) is 2.89. The summed E-state index contributed by atoms with van der Waals surface area (Å²) in [5, 5.41) is 4.08. The zero-order chi connectivity index (χ0) is 16.3. The Balaban J connectivity index is 2.20. The van der Waals surface area contributed by atoms with Crippen molar-refractivity contribution in [3.8, 4) is 0 Å².